The molecule has 0 bridgehead atoms. The zero-order chi connectivity index (χ0) is 15.4. The quantitative estimate of drug-likeness (QED) is 0.769. The predicted octanol–water partition coefficient (Wildman–Crippen LogP) is 0.179. The van der Waals surface area contributed by atoms with E-state index in [4.69, 9.17) is 0 Å². The van der Waals surface area contributed by atoms with Gasteiger partial charge in [-0.05, 0) is 13.0 Å². The van der Waals surface area contributed by atoms with E-state index in [1.54, 1.807) is 6.07 Å². The molecule has 0 aromatic carbocycles. The molecule has 0 spiro atoms. The van der Waals surface area contributed by atoms with E-state index in [1.165, 1.54) is 19.4 Å². The van der Waals surface area contributed by atoms with Crippen LogP contribution in [0.3, 0.4) is 0 Å². The van der Waals surface area contributed by atoms with Crippen LogP contribution in [0.25, 0.3) is 0 Å². The lowest BCUT2D eigenvalue weighted by Crippen LogP contribution is -2.32. The van der Waals surface area contributed by atoms with Crippen molar-refractivity contribution in [2.24, 2.45) is 0 Å². The first-order valence-corrected chi connectivity index (χ1v) is 9.50. The summed E-state index contributed by atoms with van der Waals surface area (Å²) in [5.41, 5.74) is 0.453. The van der Waals surface area contributed by atoms with Crippen molar-refractivity contribution in [2.75, 3.05) is 37.5 Å². The van der Waals surface area contributed by atoms with Crippen LogP contribution in [0, 0.1) is 0 Å². The fourth-order valence-corrected chi connectivity index (χ4v) is 3.51. The average Bonchev–Trinajstić information content (AvgIpc) is 2.36. The highest BCUT2D eigenvalue weighted by molar-refractivity contribution is 7.91. The second-order valence-electron chi connectivity index (χ2n) is 4.36. The van der Waals surface area contributed by atoms with Gasteiger partial charge in [-0.2, -0.15) is 4.31 Å². The molecule has 1 N–H and O–H groups in total. The number of sulfone groups is 1. The van der Waals surface area contributed by atoms with E-state index < -0.39 is 19.9 Å². The van der Waals surface area contributed by atoms with Gasteiger partial charge in [0.25, 0.3) is 0 Å². The molecule has 0 unspecified atom stereocenters. The van der Waals surface area contributed by atoms with E-state index in [9.17, 15) is 16.8 Å². The van der Waals surface area contributed by atoms with Gasteiger partial charge in [0.05, 0.1) is 11.4 Å². The van der Waals surface area contributed by atoms with Crippen LogP contribution < -0.4 is 5.32 Å². The van der Waals surface area contributed by atoms with Gasteiger partial charge >= 0.3 is 0 Å². The molecular formula is C11H19N3O4S2. The molecule has 0 saturated carbocycles. The maximum atomic E-state index is 12.4. The number of hydrogen-bond acceptors (Lipinski definition) is 6. The number of hydrogen-bond donors (Lipinski definition) is 1. The van der Waals surface area contributed by atoms with Crippen LogP contribution in [0.1, 0.15) is 6.92 Å². The Morgan fingerprint density at radius 1 is 1.30 bits per heavy atom. The molecule has 0 radical (unpaired) electrons. The smallest absolute Gasteiger partial charge is 0.246 e. The molecule has 20 heavy (non-hydrogen) atoms. The van der Waals surface area contributed by atoms with Crippen LogP contribution >= 0.6 is 0 Å². The van der Waals surface area contributed by atoms with E-state index >= 15 is 0 Å². The fraction of sp³-hybridized carbons (Fsp3) is 0.545. The molecule has 1 aromatic heterocycles. The van der Waals surface area contributed by atoms with Crippen molar-refractivity contribution in [1.82, 2.24) is 9.29 Å². The highest BCUT2D eigenvalue weighted by Gasteiger charge is 2.24. The van der Waals surface area contributed by atoms with Crippen LogP contribution in [-0.4, -0.2) is 58.3 Å². The van der Waals surface area contributed by atoms with Gasteiger partial charge < -0.3 is 5.32 Å². The Morgan fingerprint density at radius 2 is 1.95 bits per heavy atom. The molecular weight excluding hydrogens is 302 g/mol. The van der Waals surface area contributed by atoms with E-state index in [2.05, 4.69) is 10.3 Å². The second-order valence-corrected chi connectivity index (χ2v) is 8.63. The van der Waals surface area contributed by atoms with Gasteiger partial charge in [0.1, 0.15) is 14.7 Å². The molecule has 0 aliphatic rings. The molecule has 0 aliphatic heterocycles. The Kier molecular flexibility index (Phi) is 5.49. The minimum absolute atomic E-state index is 0.0397. The van der Waals surface area contributed by atoms with Crippen LogP contribution in [0.5, 0.6) is 0 Å². The maximum absolute atomic E-state index is 12.4. The molecule has 9 heteroatoms. The minimum atomic E-state index is -3.77. The summed E-state index contributed by atoms with van der Waals surface area (Å²) in [6, 6.07) is 1.57. The third-order valence-electron chi connectivity index (χ3n) is 2.62. The fourth-order valence-electron chi connectivity index (χ4n) is 1.50. The summed E-state index contributed by atoms with van der Waals surface area (Å²) < 4.78 is 48.1. The highest BCUT2D eigenvalue weighted by Crippen LogP contribution is 2.22. The Hall–Kier alpha value is -1.19. The third-order valence-corrected chi connectivity index (χ3v) is 5.43. The van der Waals surface area contributed by atoms with Gasteiger partial charge in [0, 0.05) is 38.8 Å². The van der Waals surface area contributed by atoms with E-state index in [1.807, 2.05) is 6.92 Å². The number of pyridine rings is 1. The first kappa shape index (κ1) is 16.9. The van der Waals surface area contributed by atoms with Crippen molar-refractivity contribution in [2.45, 2.75) is 11.8 Å². The SMILES string of the molecule is CCNc1ccncc1S(=O)(=O)N(C)CCS(C)(=O)=O. The number of sulfonamides is 1. The van der Waals surface area contributed by atoms with Gasteiger partial charge in [0.15, 0.2) is 0 Å². The largest absolute Gasteiger partial charge is 0.384 e. The summed E-state index contributed by atoms with van der Waals surface area (Å²) in [7, 11) is -5.64. The van der Waals surface area contributed by atoms with Crippen molar-refractivity contribution >= 4 is 25.5 Å². The maximum Gasteiger partial charge on any atom is 0.246 e. The lowest BCUT2D eigenvalue weighted by Gasteiger charge is -2.18. The summed E-state index contributed by atoms with van der Waals surface area (Å²) in [6.07, 6.45) is 3.82. The van der Waals surface area contributed by atoms with Crippen molar-refractivity contribution in [1.29, 1.82) is 0 Å². The molecule has 0 fully saturated rings. The predicted molar refractivity (Wildman–Crippen MR) is 77.9 cm³/mol. The molecule has 0 amide bonds. The van der Waals surface area contributed by atoms with Gasteiger partial charge in [-0.1, -0.05) is 0 Å². The van der Waals surface area contributed by atoms with Crippen molar-refractivity contribution in [3.8, 4) is 0 Å². The van der Waals surface area contributed by atoms with Crippen molar-refractivity contribution in [3.63, 3.8) is 0 Å². The van der Waals surface area contributed by atoms with Gasteiger partial charge in [-0.15, -0.1) is 0 Å². The summed E-state index contributed by atoms with van der Waals surface area (Å²) in [5, 5.41) is 2.95. The first-order chi connectivity index (χ1) is 9.18. The molecule has 0 aliphatic carbocycles. The third kappa shape index (κ3) is 4.43. The number of rotatable bonds is 7. The number of nitrogens with zero attached hydrogens (tertiary/aromatic N) is 2. The standard InChI is InChI=1S/C11H19N3O4S2/c1-4-13-10-5-6-12-9-11(10)20(17,18)14(2)7-8-19(3,15)16/h5-6,9H,4,7-8H2,1-3H3,(H,12,13). The molecule has 114 valence electrons. The normalized spacial score (nSPS) is 12.6. The minimum Gasteiger partial charge on any atom is -0.384 e. The zero-order valence-corrected chi connectivity index (χ0v) is 13.3. The summed E-state index contributed by atoms with van der Waals surface area (Å²) in [6.45, 7) is 2.32. The Labute approximate surface area is 120 Å². The lowest BCUT2D eigenvalue weighted by atomic mass is 10.4. The number of aromatic nitrogens is 1. The van der Waals surface area contributed by atoms with Crippen LogP contribution in [-0.2, 0) is 19.9 Å². The lowest BCUT2D eigenvalue weighted by molar-refractivity contribution is 0.485. The molecule has 0 saturated heterocycles. The average molecular weight is 321 g/mol. The van der Waals surface area contributed by atoms with Gasteiger partial charge in [-0.25, -0.2) is 16.8 Å². The Bertz CT molecular complexity index is 656. The van der Waals surface area contributed by atoms with Crippen LogP contribution in [0.2, 0.25) is 0 Å². The molecule has 7 nitrogen and oxygen atoms in total. The second kappa shape index (κ2) is 6.51. The molecule has 1 heterocycles. The Morgan fingerprint density at radius 3 is 2.50 bits per heavy atom. The topological polar surface area (TPSA) is 96.4 Å². The monoisotopic (exact) mass is 321 g/mol. The number of nitrogens with one attached hydrogen (secondary N) is 1. The van der Waals surface area contributed by atoms with E-state index in [0.717, 1.165) is 10.6 Å². The van der Waals surface area contributed by atoms with Crippen molar-refractivity contribution in [3.05, 3.63) is 18.5 Å². The van der Waals surface area contributed by atoms with Crippen LogP contribution in [0.15, 0.2) is 23.4 Å². The summed E-state index contributed by atoms with van der Waals surface area (Å²) >= 11 is 0. The zero-order valence-electron chi connectivity index (χ0n) is 11.7. The summed E-state index contributed by atoms with van der Waals surface area (Å²) in [5.74, 6) is -0.223. The highest BCUT2D eigenvalue weighted by atomic mass is 32.2. The van der Waals surface area contributed by atoms with E-state index in [-0.39, 0.29) is 17.2 Å². The van der Waals surface area contributed by atoms with Gasteiger partial charge in [-0.3, -0.25) is 4.98 Å². The summed E-state index contributed by atoms with van der Waals surface area (Å²) in [4.78, 5) is 3.86. The van der Waals surface area contributed by atoms with Gasteiger partial charge in [0.2, 0.25) is 10.0 Å². The van der Waals surface area contributed by atoms with E-state index in [0.29, 0.717) is 12.2 Å². The molecule has 0 atom stereocenters. The number of anilines is 1. The van der Waals surface area contributed by atoms with Crippen molar-refractivity contribution < 1.29 is 16.8 Å². The van der Waals surface area contributed by atoms with Crippen LogP contribution in [0.4, 0.5) is 5.69 Å². The molecule has 1 rings (SSSR count). The molecule has 1 aromatic rings. The Balaban J connectivity index is 3.04. The first-order valence-electron chi connectivity index (χ1n) is 6.00.